The summed E-state index contributed by atoms with van der Waals surface area (Å²) in [4.78, 5) is 15.5. The van der Waals surface area contributed by atoms with Crippen LogP contribution in [0.1, 0.15) is 0 Å². The van der Waals surface area contributed by atoms with Gasteiger partial charge >= 0.3 is 0 Å². The van der Waals surface area contributed by atoms with E-state index in [-0.39, 0.29) is 0 Å². The Hall–Kier alpha value is -6.45. The molecule has 7 aromatic carbocycles. The molecule has 0 bridgehead atoms. The van der Waals surface area contributed by atoms with E-state index >= 15 is 0 Å². The number of hydrogen-bond donors (Lipinski definition) is 0. The third kappa shape index (κ3) is 4.99. The molecule has 2 heterocycles. The predicted octanol–water partition coefficient (Wildman–Crippen LogP) is 11.7. The predicted molar refractivity (Wildman–Crippen MR) is 200 cm³/mol. The molecule has 0 fully saturated rings. The summed E-state index contributed by atoms with van der Waals surface area (Å²) >= 11 is 0. The zero-order valence-electron chi connectivity index (χ0n) is 26.1. The molecular weight excluding hydrogens is 583 g/mol. The third-order valence-corrected chi connectivity index (χ3v) is 9.05. The fourth-order valence-corrected chi connectivity index (χ4v) is 6.68. The summed E-state index contributed by atoms with van der Waals surface area (Å²) in [5.74, 6) is 0.699. The van der Waals surface area contributed by atoms with Gasteiger partial charge in [-0.25, -0.2) is 15.0 Å². The van der Waals surface area contributed by atoms with Crippen molar-refractivity contribution in [2.75, 3.05) is 0 Å². The van der Waals surface area contributed by atoms with Gasteiger partial charge in [0.1, 0.15) is 0 Å². The van der Waals surface area contributed by atoms with Crippen LogP contribution in [0.15, 0.2) is 176 Å². The maximum Gasteiger partial charge on any atom is 0.160 e. The molecular formula is C45H29N3. The van der Waals surface area contributed by atoms with Gasteiger partial charge in [0.25, 0.3) is 0 Å². The van der Waals surface area contributed by atoms with E-state index < -0.39 is 0 Å². The van der Waals surface area contributed by atoms with E-state index in [1.54, 1.807) is 0 Å². The molecule has 0 unspecified atom stereocenters. The number of rotatable bonds is 5. The minimum absolute atomic E-state index is 0.699. The molecule has 3 nitrogen and oxygen atoms in total. The van der Waals surface area contributed by atoms with Crippen LogP contribution in [-0.2, 0) is 0 Å². The molecule has 0 spiro atoms. The molecule has 0 aliphatic heterocycles. The number of aromatic nitrogens is 3. The average molecular weight is 612 g/mol. The summed E-state index contributed by atoms with van der Waals surface area (Å²) in [5.41, 5.74) is 10.2. The first-order chi connectivity index (χ1) is 23.8. The second kappa shape index (κ2) is 11.7. The summed E-state index contributed by atoms with van der Waals surface area (Å²) in [6.45, 7) is 0. The van der Waals surface area contributed by atoms with Crippen LogP contribution in [0.25, 0.3) is 88.7 Å². The molecule has 9 rings (SSSR count). The standard InChI is InChI=1S/C45H29N3/c1-5-13-30(14-6-1)34-21-24-37-35(27-34)22-26-39-38-25-23-36(28-42(38)46-44(43(37)39)32-17-9-3-10-18-32)41-29-40(31-15-7-2-8-16-31)47-45(48-41)33-19-11-4-12-20-33/h1-29H. The third-order valence-electron chi connectivity index (χ3n) is 9.05. The molecule has 2 aromatic heterocycles. The highest BCUT2D eigenvalue weighted by Crippen LogP contribution is 2.39. The minimum Gasteiger partial charge on any atom is -0.247 e. The Morgan fingerprint density at radius 3 is 1.54 bits per heavy atom. The first kappa shape index (κ1) is 27.8. The molecule has 48 heavy (non-hydrogen) atoms. The van der Waals surface area contributed by atoms with Crippen molar-refractivity contribution in [3.8, 4) is 56.3 Å². The smallest absolute Gasteiger partial charge is 0.160 e. The van der Waals surface area contributed by atoms with Crippen molar-refractivity contribution in [3.05, 3.63) is 176 Å². The van der Waals surface area contributed by atoms with Gasteiger partial charge in [-0.1, -0.05) is 158 Å². The molecule has 224 valence electrons. The highest BCUT2D eigenvalue weighted by Gasteiger charge is 2.16. The molecule has 3 heteroatoms. The Kier molecular flexibility index (Phi) is 6.80. The molecule has 0 atom stereocenters. The van der Waals surface area contributed by atoms with Crippen molar-refractivity contribution in [2.24, 2.45) is 0 Å². The highest BCUT2D eigenvalue weighted by atomic mass is 14.9. The summed E-state index contributed by atoms with van der Waals surface area (Å²) < 4.78 is 0. The van der Waals surface area contributed by atoms with Crippen LogP contribution in [0.3, 0.4) is 0 Å². The second-order valence-corrected chi connectivity index (χ2v) is 12.0. The van der Waals surface area contributed by atoms with Gasteiger partial charge in [0.15, 0.2) is 5.82 Å². The van der Waals surface area contributed by atoms with Crippen LogP contribution in [0.4, 0.5) is 0 Å². The number of fused-ring (bicyclic) bond motifs is 5. The van der Waals surface area contributed by atoms with Crippen LogP contribution in [0.2, 0.25) is 0 Å². The van der Waals surface area contributed by atoms with Crippen molar-refractivity contribution in [2.45, 2.75) is 0 Å². The molecule has 0 aliphatic carbocycles. The summed E-state index contributed by atoms with van der Waals surface area (Å²) in [6, 6.07) is 61.4. The van der Waals surface area contributed by atoms with E-state index in [1.807, 2.05) is 36.4 Å². The Labute approximate surface area is 278 Å². The van der Waals surface area contributed by atoms with Crippen molar-refractivity contribution in [3.63, 3.8) is 0 Å². The van der Waals surface area contributed by atoms with Gasteiger partial charge < -0.3 is 0 Å². The number of benzene rings is 7. The van der Waals surface area contributed by atoms with E-state index in [0.29, 0.717) is 5.82 Å². The summed E-state index contributed by atoms with van der Waals surface area (Å²) in [5, 5.41) is 5.85. The topological polar surface area (TPSA) is 38.7 Å². The lowest BCUT2D eigenvalue weighted by molar-refractivity contribution is 1.18. The number of hydrogen-bond acceptors (Lipinski definition) is 3. The van der Waals surface area contributed by atoms with E-state index in [9.17, 15) is 0 Å². The Bertz CT molecular complexity index is 2520. The highest BCUT2D eigenvalue weighted by molar-refractivity contribution is 6.21. The molecule has 0 saturated carbocycles. The zero-order valence-corrected chi connectivity index (χ0v) is 26.1. The molecule has 9 aromatic rings. The number of nitrogens with zero attached hydrogens (tertiary/aromatic N) is 3. The first-order valence-corrected chi connectivity index (χ1v) is 16.2. The van der Waals surface area contributed by atoms with Crippen LogP contribution < -0.4 is 0 Å². The molecule has 0 N–H and O–H groups in total. The van der Waals surface area contributed by atoms with Gasteiger partial charge in [-0.15, -0.1) is 0 Å². The Balaban J connectivity index is 1.26. The largest absolute Gasteiger partial charge is 0.247 e. The van der Waals surface area contributed by atoms with E-state index in [4.69, 9.17) is 15.0 Å². The summed E-state index contributed by atoms with van der Waals surface area (Å²) in [6.07, 6.45) is 0. The van der Waals surface area contributed by atoms with E-state index in [1.165, 1.54) is 32.7 Å². The maximum atomic E-state index is 5.41. The quantitative estimate of drug-likeness (QED) is 0.182. The van der Waals surface area contributed by atoms with Crippen molar-refractivity contribution in [1.82, 2.24) is 15.0 Å². The summed E-state index contributed by atoms with van der Waals surface area (Å²) in [7, 11) is 0. The number of pyridine rings is 1. The van der Waals surface area contributed by atoms with Gasteiger partial charge in [-0.3, -0.25) is 0 Å². The maximum absolute atomic E-state index is 5.41. The lowest BCUT2D eigenvalue weighted by Gasteiger charge is -2.15. The monoisotopic (exact) mass is 611 g/mol. The van der Waals surface area contributed by atoms with Crippen molar-refractivity contribution >= 4 is 32.4 Å². The molecule has 0 aliphatic rings. The zero-order chi connectivity index (χ0) is 31.9. The van der Waals surface area contributed by atoms with Gasteiger partial charge in [0.05, 0.1) is 22.6 Å². The normalized spacial score (nSPS) is 11.3. The molecule has 0 saturated heterocycles. The van der Waals surface area contributed by atoms with Crippen LogP contribution in [0, 0.1) is 0 Å². The fourth-order valence-electron chi connectivity index (χ4n) is 6.68. The van der Waals surface area contributed by atoms with Gasteiger partial charge in [-0.2, -0.15) is 0 Å². The van der Waals surface area contributed by atoms with E-state index in [0.717, 1.165) is 50.2 Å². The van der Waals surface area contributed by atoms with E-state index in [2.05, 4.69) is 140 Å². The van der Waals surface area contributed by atoms with Crippen LogP contribution >= 0.6 is 0 Å². The lowest BCUT2D eigenvalue weighted by Crippen LogP contribution is -1.96. The minimum atomic E-state index is 0.699. The Morgan fingerprint density at radius 1 is 0.312 bits per heavy atom. The van der Waals surface area contributed by atoms with Crippen LogP contribution in [-0.4, -0.2) is 15.0 Å². The van der Waals surface area contributed by atoms with Gasteiger partial charge in [0.2, 0.25) is 0 Å². The molecule has 0 amide bonds. The SMILES string of the molecule is c1ccc(-c2ccc3c(ccc4c5ccc(-c6cc(-c7ccccc7)nc(-c7ccccc7)n6)cc5nc(-c5ccccc5)c34)c2)cc1. The van der Waals surface area contributed by atoms with Gasteiger partial charge in [0, 0.05) is 33.0 Å². The lowest BCUT2D eigenvalue weighted by atomic mass is 9.92. The molecule has 0 radical (unpaired) electrons. The van der Waals surface area contributed by atoms with Gasteiger partial charge in [-0.05, 0) is 45.5 Å². The fraction of sp³-hybridized carbons (Fsp3) is 0. The van der Waals surface area contributed by atoms with Crippen molar-refractivity contribution in [1.29, 1.82) is 0 Å². The first-order valence-electron chi connectivity index (χ1n) is 16.2. The van der Waals surface area contributed by atoms with Crippen LogP contribution in [0.5, 0.6) is 0 Å². The average Bonchev–Trinajstić information content (AvgIpc) is 3.18. The Morgan fingerprint density at radius 2 is 0.854 bits per heavy atom. The van der Waals surface area contributed by atoms with Crippen molar-refractivity contribution < 1.29 is 0 Å². The second-order valence-electron chi connectivity index (χ2n) is 12.0.